The van der Waals surface area contributed by atoms with Crippen molar-refractivity contribution in [1.29, 1.82) is 0 Å². The summed E-state index contributed by atoms with van der Waals surface area (Å²) in [5.41, 5.74) is 5.89. The Morgan fingerprint density at radius 1 is 1.06 bits per heavy atom. The third-order valence-electron chi connectivity index (χ3n) is 7.55. The number of ether oxygens (including phenoxy) is 2. The Balaban J connectivity index is 1.29. The van der Waals surface area contributed by atoms with Gasteiger partial charge in [0.2, 0.25) is 0 Å². The van der Waals surface area contributed by atoms with Crippen molar-refractivity contribution in [2.75, 3.05) is 14.2 Å². The zero-order chi connectivity index (χ0) is 21.6. The largest absolute Gasteiger partial charge is 0.493 e. The SMILES string of the molecule is COc1ccc(/C(C)=N/NC(=O)c2cc(C34CC5CC(CC(C5)C3)C4)[nH]n2)cc1OC. The molecule has 6 rings (SSSR count). The number of nitrogens with one attached hydrogen (secondary N) is 2. The molecule has 7 heteroatoms. The average Bonchev–Trinajstić information content (AvgIpc) is 3.27. The predicted octanol–water partition coefficient (Wildman–Crippen LogP) is 4.05. The van der Waals surface area contributed by atoms with Crippen molar-refractivity contribution in [3.63, 3.8) is 0 Å². The summed E-state index contributed by atoms with van der Waals surface area (Å²) in [6, 6.07) is 7.49. The van der Waals surface area contributed by atoms with Gasteiger partial charge < -0.3 is 9.47 Å². The summed E-state index contributed by atoms with van der Waals surface area (Å²) in [5.74, 6) is 3.51. The van der Waals surface area contributed by atoms with Gasteiger partial charge in [-0.15, -0.1) is 0 Å². The number of hydrazone groups is 1. The van der Waals surface area contributed by atoms with E-state index < -0.39 is 0 Å². The second kappa shape index (κ2) is 7.70. The number of benzene rings is 1. The maximum absolute atomic E-state index is 12.7. The number of rotatable bonds is 6. The van der Waals surface area contributed by atoms with Gasteiger partial charge in [0.25, 0.3) is 5.91 Å². The fraction of sp³-hybridized carbons (Fsp3) is 0.542. The number of H-pyrrole nitrogens is 1. The van der Waals surface area contributed by atoms with Crippen LogP contribution < -0.4 is 14.9 Å². The lowest BCUT2D eigenvalue weighted by Gasteiger charge is -2.56. The quantitative estimate of drug-likeness (QED) is 0.543. The van der Waals surface area contributed by atoms with Gasteiger partial charge in [0.05, 0.1) is 19.9 Å². The van der Waals surface area contributed by atoms with Crippen LogP contribution in [-0.4, -0.2) is 36.0 Å². The summed E-state index contributed by atoms with van der Waals surface area (Å²) in [4.78, 5) is 12.7. The van der Waals surface area contributed by atoms with Crippen LogP contribution >= 0.6 is 0 Å². The highest BCUT2D eigenvalue weighted by atomic mass is 16.5. The van der Waals surface area contributed by atoms with E-state index in [1.807, 2.05) is 31.2 Å². The van der Waals surface area contributed by atoms with E-state index in [0.29, 0.717) is 22.9 Å². The van der Waals surface area contributed by atoms with Crippen molar-refractivity contribution in [3.8, 4) is 11.5 Å². The molecule has 2 aromatic rings. The van der Waals surface area contributed by atoms with E-state index in [2.05, 4.69) is 20.7 Å². The van der Waals surface area contributed by atoms with Gasteiger partial charge in [-0.05, 0) is 87.5 Å². The average molecular weight is 423 g/mol. The fourth-order valence-electron chi connectivity index (χ4n) is 6.47. The Kier molecular flexibility index (Phi) is 4.99. The second-order valence-corrected chi connectivity index (χ2v) is 9.57. The first kappa shape index (κ1) is 20.1. The first-order chi connectivity index (χ1) is 15.0. The van der Waals surface area contributed by atoms with Crippen LogP contribution in [0.2, 0.25) is 0 Å². The summed E-state index contributed by atoms with van der Waals surface area (Å²) in [6.07, 6.45) is 7.89. The highest BCUT2D eigenvalue weighted by molar-refractivity contribution is 6.01. The topological polar surface area (TPSA) is 88.6 Å². The molecule has 2 N–H and O–H groups in total. The van der Waals surface area contributed by atoms with Crippen LogP contribution in [0.25, 0.3) is 0 Å². The molecule has 0 radical (unpaired) electrons. The highest BCUT2D eigenvalue weighted by Crippen LogP contribution is 2.60. The Labute approximate surface area is 182 Å². The number of nitrogens with zero attached hydrogens (tertiary/aromatic N) is 2. The van der Waals surface area contributed by atoms with Gasteiger partial charge in [0.1, 0.15) is 0 Å². The van der Waals surface area contributed by atoms with E-state index >= 15 is 0 Å². The first-order valence-electron chi connectivity index (χ1n) is 11.1. The van der Waals surface area contributed by atoms with Crippen LogP contribution in [0.1, 0.15) is 67.2 Å². The number of methoxy groups -OCH3 is 2. The number of aromatic nitrogens is 2. The van der Waals surface area contributed by atoms with Crippen molar-refractivity contribution >= 4 is 11.6 Å². The summed E-state index contributed by atoms with van der Waals surface area (Å²) >= 11 is 0. The maximum Gasteiger partial charge on any atom is 0.291 e. The molecule has 7 nitrogen and oxygen atoms in total. The normalized spacial score (nSPS) is 29.1. The molecular formula is C24H30N4O3. The third kappa shape index (κ3) is 3.60. The summed E-state index contributed by atoms with van der Waals surface area (Å²) in [7, 11) is 3.19. The molecular weight excluding hydrogens is 392 g/mol. The van der Waals surface area contributed by atoms with E-state index in [1.165, 1.54) is 38.5 Å². The molecule has 0 aliphatic heterocycles. The number of hydrogen-bond donors (Lipinski definition) is 2. The molecule has 0 saturated heterocycles. The predicted molar refractivity (Wildman–Crippen MR) is 118 cm³/mol. The van der Waals surface area contributed by atoms with Gasteiger partial charge in [-0.1, -0.05) is 0 Å². The Morgan fingerprint density at radius 3 is 2.32 bits per heavy atom. The summed E-state index contributed by atoms with van der Waals surface area (Å²) in [5, 5.41) is 11.8. The van der Waals surface area contributed by atoms with Crippen LogP contribution in [0, 0.1) is 17.8 Å². The zero-order valence-electron chi connectivity index (χ0n) is 18.4. The van der Waals surface area contributed by atoms with Gasteiger partial charge >= 0.3 is 0 Å². The zero-order valence-corrected chi connectivity index (χ0v) is 18.4. The minimum Gasteiger partial charge on any atom is -0.493 e. The van der Waals surface area contributed by atoms with Crippen molar-refractivity contribution in [2.24, 2.45) is 22.9 Å². The number of carbonyl (C=O) groups excluding carboxylic acids is 1. The molecule has 4 fully saturated rings. The molecule has 1 amide bonds. The van der Waals surface area contributed by atoms with Crippen molar-refractivity contribution in [2.45, 2.75) is 50.9 Å². The molecule has 4 saturated carbocycles. The summed E-state index contributed by atoms with van der Waals surface area (Å²) in [6.45, 7) is 1.84. The fourth-order valence-corrected chi connectivity index (χ4v) is 6.47. The van der Waals surface area contributed by atoms with Crippen molar-refractivity contribution in [1.82, 2.24) is 15.6 Å². The minimum absolute atomic E-state index is 0.194. The van der Waals surface area contributed by atoms with Crippen LogP contribution in [0.3, 0.4) is 0 Å². The van der Waals surface area contributed by atoms with E-state index in [0.717, 1.165) is 29.0 Å². The molecule has 0 unspecified atom stereocenters. The number of hydrogen-bond acceptors (Lipinski definition) is 5. The molecule has 0 atom stereocenters. The maximum atomic E-state index is 12.7. The molecule has 1 aromatic carbocycles. The lowest BCUT2D eigenvalue weighted by Crippen LogP contribution is -2.48. The van der Waals surface area contributed by atoms with Gasteiger partial charge in [-0.25, -0.2) is 5.43 Å². The van der Waals surface area contributed by atoms with Gasteiger partial charge in [-0.3, -0.25) is 9.89 Å². The molecule has 1 heterocycles. The Morgan fingerprint density at radius 2 is 1.71 bits per heavy atom. The Hall–Kier alpha value is -2.83. The van der Waals surface area contributed by atoms with Crippen LogP contribution in [-0.2, 0) is 5.41 Å². The first-order valence-corrected chi connectivity index (χ1v) is 11.1. The van der Waals surface area contributed by atoms with Gasteiger partial charge in [-0.2, -0.15) is 10.2 Å². The summed E-state index contributed by atoms with van der Waals surface area (Å²) < 4.78 is 10.6. The monoisotopic (exact) mass is 422 g/mol. The van der Waals surface area contributed by atoms with Crippen LogP contribution in [0.4, 0.5) is 0 Å². The van der Waals surface area contributed by atoms with E-state index in [1.54, 1.807) is 14.2 Å². The van der Waals surface area contributed by atoms with Crippen LogP contribution in [0.15, 0.2) is 29.4 Å². The van der Waals surface area contributed by atoms with Gasteiger partial charge in [0, 0.05) is 16.7 Å². The number of carbonyl (C=O) groups is 1. The molecule has 4 bridgehead atoms. The highest BCUT2D eigenvalue weighted by Gasteiger charge is 2.52. The second-order valence-electron chi connectivity index (χ2n) is 9.57. The molecule has 31 heavy (non-hydrogen) atoms. The van der Waals surface area contributed by atoms with Crippen molar-refractivity contribution < 1.29 is 14.3 Å². The van der Waals surface area contributed by atoms with E-state index in [4.69, 9.17) is 9.47 Å². The lowest BCUT2D eigenvalue weighted by atomic mass is 9.49. The lowest BCUT2D eigenvalue weighted by molar-refractivity contribution is -0.00721. The minimum atomic E-state index is -0.299. The molecule has 1 aromatic heterocycles. The third-order valence-corrected chi connectivity index (χ3v) is 7.55. The molecule has 0 spiro atoms. The van der Waals surface area contributed by atoms with Crippen LogP contribution in [0.5, 0.6) is 11.5 Å². The number of aromatic amines is 1. The number of amides is 1. The molecule has 164 valence electrons. The van der Waals surface area contributed by atoms with Crippen molar-refractivity contribution in [3.05, 3.63) is 41.2 Å². The standard InChI is InChI=1S/C24H30N4O3/c1-14(18-4-5-20(30-2)21(9-18)31-3)25-28-23(29)19-10-22(27-26-19)24-11-15-6-16(12-24)8-17(7-15)13-24/h4-5,9-10,15-17H,6-8,11-13H2,1-3H3,(H,26,27)(H,28,29)/b25-14+. The molecule has 4 aliphatic carbocycles. The van der Waals surface area contributed by atoms with Gasteiger partial charge in [0.15, 0.2) is 17.2 Å². The smallest absolute Gasteiger partial charge is 0.291 e. The molecule has 4 aliphatic rings. The Bertz CT molecular complexity index is 990. The van der Waals surface area contributed by atoms with E-state index in [-0.39, 0.29) is 11.3 Å². The van der Waals surface area contributed by atoms with E-state index in [9.17, 15) is 4.79 Å².